The second-order valence-corrected chi connectivity index (χ2v) is 7.71. The molecule has 1 rings (SSSR count). The van der Waals surface area contributed by atoms with Crippen molar-refractivity contribution >= 4 is 9.84 Å². The number of rotatable bonds is 3. The van der Waals surface area contributed by atoms with Crippen LogP contribution in [-0.2, 0) is 9.84 Å². The van der Waals surface area contributed by atoms with Crippen LogP contribution in [0.25, 0.3) is 0 Å². The van der Waals surface area contributed by atoms with Crippen molar-refractivity contribution in [1.82, 2.24) is 10.2 Å². The highest BCUT2D eigenvalue weighted by Crippen LogP contribution is 2.11. The SMILES string of the molecule is CC1CCN(C(C)CS(C)(=O)=O)CCC(C)N1. The fourth-order valence-electron chi connectivity index (χ4n) is 2.47. The predicted molar refractivity (Wildman–Crippen MR) is 72.0 cm³/mol. The van der Waals surface area contributed by atoms with Crippen LogP contribution in [0, 0.1) is 0 Å². The lowest BCUT2D eigenvalue weighted by atomic mass is 10.1. The molecule has 0 aromatic carbocycles. The van der Waals surface area contributed by atoms with Gasteiger partial charge in [0.05, 0.1) is 5.75 Å². The molecule has 0 amide bonds. The summed E-state index contributed by atoms with van der Waals surface area (Å²) in [7, 11) is -2.88. The van der Waals surface area contributed by atoms with Crippen molar-refractivity contribution in [2.45, 2.75) is 51.7 Å². The minimum absolute atomic E-state index is 0.127. The normalized spacial score (nSPS) is 30.6. The van der Waals surface area contributed by atoms with Crippen molar-refractivity contribution in [2.24, 2.45) is 0 Å². The van der Waals surface area contributed by atoms with Gasteiger partial charge in [0.1, 0.15) is 9.84 Å². The number of hydrogen-bond acceptors (Lipinski definition) is 4. The van der Waals surface area contributed by atoms with Gasteiger partial charge in [-0.25, -0.2) is 8.42 Å². The van der Waals surface area contributed by atoms with E-state index in [9.17, 15) is 8.42 Å². The van der Waals surface area contributed by atoms with Gasteiger partial charge in [-0.2, -0.15) is 0 Å². The summed E-state index contributed by atoms with van der Waals surface area (Å²) in [6.07, 6.45) is 3.48. The first-order valence-electron chi connectivity index (χ1n) is 6.46. The summed E-state index contributed by atoms with van der Waals surface area (Å²) >= 11 is 0. The fourth-order valence-corrected chi connectivity index (χ4v) is 3.55. The highest BCUT2D eigenvalue weighted by molar-refractivity contribution is 7.90. The minimum atomic E-state index is -2.88. The van der Waals surface area contributed by atoms with E-state index in [0.717, 1.165) is 25.9 Å². The third kappa shape index (κ3) is 5.84. The maximum Gasteiger partial charge on any atom is 0.148 e. The van der Waals surface area contributed by atoms with Crippen LogP contribution in [0.15, 0.2) is 0 Å². The molecule has 0 aromatic heterocycles. The second kappa shape index (κ2) is 6.16. The quantitative estimate of drug-likeness (QED) is 0.820. The van der Waals surface area contributed by atoms with Gasteiger partial charge in [-0.3, -0.25) is 4.90 Å². The third-order valence-corrected chi connectivity index (χ3v) is 4.52. The molecule has 1 saturated heterocycles. The summed E-state index contributed by atoms with van der Waals surface area (Å²) in [6.45, 7) is 8.38. The zero-order chi connectivity index (χ0) is 13.1. The maximum absolute atomic E-state index is 11.3. The van der Waals surface area contributed by atoms with Gasteiger partial charge in [0, 0.05) is 24.4 Å². The molecule has 0 aromatic rings. The molecule has 3 unspecified atom stereocenters. The Morgan fingerprint density at radius 3 is 2.12 bits per heavy atom. The largest absolute Gasteiger partial charge is 0.312 e. The Labute approximate surface area is 106 Å². The summed E-state index contributed by atoms with van der Waals surface area (Å²) < 4.78 is 22.7. The Kier molecular flexibility index (Phi) is 5.41. The van der Waals surface area contributed by atoms with E-state index in [4.69, 9.17) is 0 Å². The van der Waals surface area contributed by atoms with Gasteiger partial charge in [0.25, 0.3) is 0 Å². The molecule has 0 radical (unpaired) electrons. The van der Waals surface area contributed by atoms with Crippen LogP contribution in [0.3, 0.4) is 0 Å². The zero-order valence-corrected chi connectivity index (χ0v) is 12.3. The lowest BCUT2D eigenvalue weighted by molar-refractivity contribution is 0.182. The van der Waals surface area contributed by atoms with E-state index in [1.165, 1.54) is 6.26 Å². The topological polar surface area (TPSA) is 49.4 Å². The minimum Gasteiger partial charge on any atom is -0.312 e. The molecule has 17 heavy (non-hydrogen) atoms. The Balaban J connectivity index is 2.56. The van der Waals surface area contributed by atoms with Crippen LogP contribution < -0.4 is 5.32 Å². The highest BCUT2D eigenvalue weighted by Gasteiger charge is 2.22. The first-order valence-corrected chi connectivity index (χ1v) is 8.52. The van der Waals surface area contributed by atoms with Crippen LogP contribution in [0.1, 0.15) is 33.6 Å². The molecule has 0 saturated carbocycles. The molecule has 102 valence electrons. The molecule has 1 heterocycles. The van der Waals surface area contributed by atoms with E-state index in [1.807, 2.05) is 6.92 Å². The van der Waals surface area contributed by atoms with Gasteiger partial charge in [-0.05, 0) is 46.7 Å². The first-order chi connectivity index (χ1) is 7.78. The summed E-state index contributed by atoms with van der Waals surface area (Å²) in [5, 5.41) is 3.54. The average Bonchev–Trinajstić information content (AvgIpc) is 2.11. The van der Waals surface area contributed by atoms with E-state index in [2.05, 4.69) is 24.1 Å². The average molecular weight is 262 g/mol. The molecule has 1 N–H and O–H groups in total. The Morgan fingerprint density at radius 1 is 1.24 bits per heavy atom. The number of nitrogens with one attached hydrogen (secondary N) is 1. The molecule has 1 aliphatic heterocycles. The van der Waals surface area contributed by atoms with Crippen molar-refractivity contribution in [3.8, 4) is 0 Å². The highest BCUT2D eigenvalue weighted by atomic mass is 32.2. The summed E-state index contributed by atoms with van der Waals surface area (Å²) in [5.41, 5.74) is 0. The Morgan fingerprint density at radius 2 is 1.71 bits per heavy atom. The molecular weight excluding hydrogens is 236 g/mol. The van der Waals surface area contributed by atoms with E-state index >= 15 is 0 Å². The van der Waals surface area contributed by atoms with Gasteiger partial charge in [-0.15, -0.1) is 0 Å². The van der Waals surface area contributed by atoms with Crippen molar-refractivity contribution < 1.29 is 8.42 Å². The summed E-state index contributed by atoms with van der Waals surface area (Å²) in [4.78, 5) is 2.31. The lowest BCUT2D eigenvalue weighted by Crippen LogP contribution is -2.47. The smallest absolute Gasteiger partial charge is 0.148 e. The molecule has 5 heteroatoms. The molecule has 0 spiro atoms. The zero-order valence-electron chi connectivity index (χ0n) is 11.4. The van der Waals surface area contributed by atoms with Crippen LogP contribution >= 0.6 is 0 Å². The molecule has 1 fully saturated rings. The van der Waals surface area contributed by atoms with Crippen molar-refractivity contribution in [1.29, 1.82) is 0 Å². The van der Waals surface area contributed by atoms with Gasteiger partial charge in [0.15, 0.2) is 0 Å². The fraction of sp³-hybridized carbons (Fsp3) is 1.00. The molecule has 1 aliphatic rings. The van der Waals surface area contributed by atoms with Crippen LogP contribution in [0.5, 0.6) is 0 Å². The van der Waals surface area contributed by atoms with Crippen LogP contribution in [0.2, 0.25) is 0 Å². The van der Waals surface area contributed by atoms with Crippen molar-refractivity contribution in [2.75, 3.05) is 25.1 Å². The van der Waals surface area contributed by atoms with E-state index in [0.29, 0.717) is 12.1 Å². The maximum atomic E-state index is 11.3. The number of sulfone groups is 1. The predicted octanol–water partition coefficient (Wildman–Crippen LogP) is 0.882. The second-order valence-electron chi connectivity index (χ2n) is 5.52. The molecular formula is C12H26N2O2S. The van der Waals surface area contributed by atoms with Gasteiger partial charge < -0.3 is 5.32 Å². The third-order valence-electron chi connectivity index (χ3n) is 3.43. The van der Waals surface area contributed by atoms with Crippen LogP contribution in [-0.4, -0.2) is 56.5 Å². The monoisotopic (exact) mass is 262 g/mol. The Bertz CT molecular complexity index is 317. The summed E-state index contributed by atoms with van der Waals surface area (Å²) in [6, 6.07) is 1.15. The van der Waals surface area contributed by atoms with Crippen LogP contribution in [0.4, 0.5) is 0 Å². The van der Waals surface area contributed by atoms with E-state index in [-0.39, 0.29) is 11.8 Å². The first kappa shape index (κ1) is 14.9. The van der Waals surface area contributed by atoms with Gasteiger partial charge >= 0.3 is 0 Å². The molecule has 3 atom stereocenters. The Hall–Kier alpha value is -0.130. The molecule has 0 bridgehead atoms. The van der Waals surface area contributed by atoms with Crippen molar-refractivity contribution in [3.05, 3.63) is 0 Å². The number of hydrogen-bond donors (Lipinski definition) is 1. The standard InChI is InChI=1S/C12H26N2O2S/c1-10-5-7-14(8-6-11(2)13-10)12(3)9-17(4,15)16/h10-13H,5-9H2,1-4H3. The summed E-state index contributed by atoms with van der Waals surface area (Å²) in [5.74, 6) is 0.267. The lowest BCUT2D eigenvalue weighted by Gasteiger charge is -2.34. The van der Waals surface area contributed by atoms with Gasteiger partial charge in [-0.1, -0.05) is 0 Å². The molecule has 4 nitrogen and oxygen atoms in total. The van der Waals surface area contributed by atoms with Gasteiger partial charge in [0.2, 0.25) is 0 Å². The number of nitrogens with zero attached hydrogens (tertiary/aromatic N) is 1. The van der Waals surface area contributed by atoms with E-state index in [1.54, 1.807) is 0 Å². The van der Waals surface area contributed by atoms with Crippen molar-refractivity contribution in [3.63, 3.8) is 0 Å². The molecule has 0 aliphatic carbocycles. The van der Waals surface area contributed by atoms with E-state index < -0.39 is 9.84 Å².